The Morgan fingerprint density at radius 2 is 2.00 bits per heavy atom. The highest BCUT2D eigenvalue weighted by molar-refractivity contribution is 5.74. The van der Waals surface area contributed by atoms with Crippen molar-refractivity contribution in [2.24, 2.45) is 29.6 Å². The minimum absolute atomic E-state index is 0.00403. The standard InChI is InChI=1S/C16H26O3/c1-10-11(2)13-8-12(10)9-14(13)15(17)19-16(3)6-4-5-7-18-16/h10-14H,4-9H2,1-3H3. The van der Waals surface area contributed by atoms with Gasteiger partial charge in [0.25, 0.3) is 0 Å². The van der Waals surface area contributed by atoms with E-state index < -0.39 is 5.79 Å². The number of fused-ring (bicyclic) bond motifs is 2. The van der Waals surface area contributed by atoms with Crippen molar-refractivity contribution in [1.82, 2.24) is 0 Å². The third kappa shape index (κ3) is 2.31. The van der Waals surface area contributed by atoms with Crippen LogP contribution in [0.25, 0.3) is 0 Å². The summed E-state index contributed by atoms with van der Waals surface area (Å²) in [6, 6.07) is 0. The smallest absolute Gasteiger partial charge is 0.311 e. The second kappa shape index (κ2) is 4.76. The molecule has 1 saturated heterocycles. The van der Waals surface area contributed by atoms with E-state index in [1.807, 2.05) is 6.92 Å². The van der Waals surface area contributed by atoms with Crippen LogP contribution in [-0.4, -0.2) is 18.4 Å². The van der Waals surface area contributed by atoms with E-state index in [2.05, 4.69) is 13.8 Å². The van der Waals surface area contributed by atoms with Crippen molar-refractivity contribution >= 4 is 5.97 Å². The third-order valence-electron chi connectivity index (χ3n) is 5.95. The Hall–Kier alpha value is -0.570. The SMILES string of the molecule is CC1C2CC(C(=O)OC3(C)CCCCO3)C(C2)C1C. The average Bonchev–Trinajstić information content (AvgIpc) is 2.91. The number of hydrogen-bond acceptors (Lipinski definition) is 3. The molecule has 2 bridgehead atoms. The number of hydrogen-bond donors (Lipinski definition) is 0. The van der Waals surface area contributed by atoms with Crippen molar-refractivity contribution in [3.63, 3.8) is 0 Å². The molecule has 0 spiro atoms. The zero-order valence-electron chi connectivity index (χ0n) is 12.4. The first-order valence-electron chi connectivity index (χ1n) is 7.87. The Bertz CT molecular complexity index is 357. The van der Waals surface area contributed by atoms with Crippen LogP contribution in [0.4, 0.5) is 0 Å². The fourth-order valence-electron chi connectivity index (χ4n) is 4.49. The molecular weight excluding hydrogens is 240 g/mol. The van der Waals surface area contributed by atoms with Crippen LogP contribution in [0.2, 0.25) is 0 Å². The third-order valence-corrected chi connectivity index (χ3v) is 5.95. The molecule has 6 unspecified atom stereocenters. The lowest BCUT2D eigenvalue weighted by Crippen LogP contribution is -2.41. The summed E-state index contributed by atoms with van der Waals surface area (Å²) in [6.45, 7) is 7.27. The second-order valence-corrected chi connectivity index (χ2v) is 7.08. The molecule has 6 atom stereocenters. The van der Waals surface area contributed by atoms with Gasteiger partial charge < -0.3 is 9.47 Å². The van der Waals surface area contributed by atoms with Gasteiger partial charge in [-0.1, -0.05) is 13.8 Å². The van der Waals surface area contributed by atoms with Gasteiger partial charge in [-0.15, -0.1) is 0 Å². The molecule has 19 heavy (non-hydrogen) atoms. The first kappa shape index (κ1) is 13.4. The van der Waals surface area contributed by atoms with E-state index in [-0.39, 0.29) is 11.9 Å². The molecule has 3 rings (SSSR count). The van der Waals surface area contributed by atoms with Gasteiger partial charge in [-0.3, -0.25) is 4.79 Å². The van der Waals surface area contributed by atoms with E-state index in [1.165, 1.54) is 6.42 Å². The van der Waals surface area contributed by atoms with Crippen LogP contribution in [0.1, 0.15) is 52.9 Å². The normalized spacial score (nSPS) is 49.3. The molecule has 0 aromatic carbocycles. The van der Waals surface area contributed by atoms with E-state index >= 15 is 0 Å². The van der Waals surface area contributed by atoms with Gasteiger partial charge in [0, 0.05) is 13.3 Å². The summed E-state index contributed by atoms with van der Waals surface area (Å²) in [5, 5.41) is 0. The summed E-state index contributed by atoms with van der Waals surface area (Å²) in [4.78, 5) is 12.5. The maximum Gasteiger partial charge on any atom is 0.311 e. The molecule has 1 heterocycles. The molecule has 3 aliphatic rings. The topological polar surface area (TPSA) is 35.5 Å². The van der Waals surface area contributed by atoms with E-state index in [4.69, 9.17) is 9.47 Å². The Morgan fingerprint density at radius 1 is 1.21 bits per heavy atom. The Balaban J connectivity index is 1.63. The van der Waals surface area contributed by atoms with E-state index in [0.717, 1.165) is 37.5 Å². The van der Waals surface area contributed by atoms with Crippen LogP contribution in [0.15, 0.2) is 0 Å². The van der Waals surface area contributed by atoms with Crippen molar-refractivity contribution in [3.8, 4) is 0 Å². The maximum atomic E-state index is 12.5. The molecule has 3 heteroatoms. The van der Waals surface area contributed by atoms with Gasteiger partial charge in [0.1, 0.15) is 0 Å². The molecule has 2 saturated carbocycles. The van der Waals surface area contributed by atoms with Crippen molar-refractivity contribution in [3.05, 3.63) is 0 Å². The zero-order valence-corrected chi connectivity index (χ0v) is 12.4. The molecule has 0 amide bonds. The average molecular weight is 266 g/mol. The molecule has 3 nitrogen and oxygen atoms in total. The second-order valence-electron chi connectivity index (χ2n) is 7.08. The van der Waals surface area contributed by atoms with Crippen molar-refractivity contribution in [1.29, 1.82) is 0 Å². The Kier molecular flexibility index (Phi) is 3.36. The van der Waals surface area contributed by atoms with E-state index in [9.17, 15) is 4.79 Å². The van der Waals surface area contributed by atoms with Gasteiger partial charge in [-0.25, -0.2) is 0 Å². The Morgan fingerprint density at radius 3 is 2.58 bits per heavy atom. The highest BCUT2D eigenvalue weighted by Crippen LogP contribution is 2.55. The predicted octanol–water partition coefficient (Wildman–Crippen LogP) is 3.37. The molecular formula is C16H26O3. The summed E-state index contributed by atoms with van der Waals surface area (Å²) in [7, 11) is 0. The molecule has 0 aromatic heterocycles. The van der Waals surface area contributed by atoms with Gasteiger partial charge in [-0.05, 0) is 49.4 Å². The van der Waals surface area contributed by atoms with Gasteiger partial charge >= 0.3 is 5.97 Å². The van der Waals surface area contributed by atoms with Gasteiger partial charge in [0.15, 0.2) is 0 Å². The quantitative estimate of drug-likeness (QED) is 0.719. The lowest BCUT2D eigenvalue weighted by atomic mass is 9.76. The van der Waals surface area contributed by atoms with E-state index in [0.29, 0.717) is 18.4 Å². The van der Waals surface area contributed by atoms with Crippen molar-refractivity contribution in [2.45, 2.75) is 58.7 Å². The number of carbonyl (C=O) groups is 1. The van der Waals surface area contributed by atoms with Gasteiger partial charge in [0.2, 0.25) is 5.79 Å². The van der Waals surface area contributed by atoms with Crippen LogP contribution >= 0.6 is 0 Å². The highest BCUT2D eigenvalue weighted by Gasteiger charge is 2.52. The van der Waals surface area contributed by atoms with Crippen LogP contribution in [-0.2, 0) is 14.3 Å². The molecule has 0 radical (unpaired) electrons. The summed E-state index contributed by atoms with van der Waals surface area (Å²) >= 11 is 0. The van der Waals surface area contributed by atoms with Crippen molar-refractivity contribution < 1.29 is 14.3 Å². The van der Waals surface area contributed by atoms with Crippen LogP contribution in [0.5, 0.6) is 0 Å². The van der Waals surface area contributed by atoms with Crippen LogP contribution in [0.3, 0.4) is 0 Å². The number of rotatable bonds is 2. The molecule has 0 N–H and O–H groups in total. The summed E-state index contributed by atoms with van der Waals surface area (Å²) in [5.41, 5.74) is 0. The van der Waals surface area contributed by atoms with Crippen LogP contribution < -0.4 is 0 Å². The molecule has 108 valence electrons. The molecule has 2 aliphatic carbocycles. The van der Waals surface area contributed by atoms with Gasteiger partial charge in [0.05, 0.1) is 12.5 Å². The first-order chi connectivity index (χ1) is 9.00. The number of esters is 1. The summed E-state index contributed by atoms with van der Waals surface area (Å²) in [5.74, 6) is 2.17. The minimum Gasteiger partial charge on any atom is -0.433 e. The number of ether oxygens (including phenoxy) is 2. The largest absolute Gasteiger partial charge is 0.433 e. The monoisotopic (exact) mass is 266 g/mol. The predicted molar refractivity (Wildman–Crippen MR) is 72.3 cm³/mol. The fourth-order valence-corrected chi connectivity index (χ4v) is 4.49. The summed E-state index contributed by atoms with van der Waals surface area (Å²) < 4.78 is 11.4. The summed E-state index contributed by atoms with van der Waals surface area (Å²) in [6.07, 6.45) is 5.26. The minimum atomic E-state index is -0.661. The highest BCUT2D eigenvalue weighted by atomic mass is 16.7. The molecule has 0 aromatic rings. The first-order valence-corrected chi connectivity index (χ1v) is 7.87. The van der Waals surface area contributed by atoms with Crippen molar-refractivity contribution in [2.75, 3.05) is 6.61 Å². The lowest BCUT2D eigenvalue weighted by molar-refractivity contribution is -0.242. The van der Waals surface area contributed by atoms with Crippen LogP contribution in [0, 0.1) is 29.6 Å². The zero-order chi connectivity index (χ0) is 13.6. The van der Waals surface area contributed by atoms with Gasteiger partial charge in [-0.2, -0.15) is 0 Å². The molecule has 3 fully saturated rings. The maximum absolute atomic E-state index is 12.5. The Labute approximate surface area is 116 Å². The van der Waals surface area contributed by atoms with E-state index in [1.54, 1.807) is 0 Å². The lowest BCUT2D eigenvalue weighted by Gasteiger charge is -2.36. The molecule has 1 aliphatic heterocycles. The number of carbonyl (C=O) groups excluding carboxylic acids is 1. The fraction of sp³-hybridized carbons (Fsp3) is 0.938.